The van der Waals surface area contributed by atoms with Gasteiger partial charge in [-0.15, -0.1) is 0 Å². The predicted octanol–water partition coefficient (Wildman–Crippen LogP) is 2.72. The van der Waals surface area contributed by atoms with Gasteiger partial charge in [-0.1, -0.05) is 12.1 Å². The van der Waals surface area contributed by atoms with Gasteiger partial charge in [-0.3, -0.25) is 19.3 Å². The first kappa shape index (κ1) is 24.4. The van der Waals surface area contributed by atoms with Crippen molar-refractivity contribution in [2.24, 2.45) is 5.73 Å². The molecule has 0 spiro atoms. The van der Waals surface area contributed by atoms with Crippen molar-refractivity contribution in [3.05, 3.63) is 64.1 Å². The van der Waals surface area contributed by atoms with E-state index in [1.165, 1.54) is 4.90 Å². The van der Waals surface area contributed by atoms with Crippen LogP contribution < -0.4 is 21.7 Å². The number of nitrogen functional groups attached to an aromatic ring is 1. The lowest BCUT2D eigenvalue weighted by Crippen LogP contribution is -2.45. The first-order valence-electron chi connectivity index (χ1n) is 11.2. The van der Waals surface area contributed by atoms with Gasteiger partial charge in [-0.2, -0.15) is 4.37 Å². The second-order valence-electron chi connectivity index (χ2n) is 8.38. The average molecular weight is 498 g/mol. The van der Waals surface area contributed by atoms with Gasteiger partial charge in [0.1, 0.15) is 16.4 Å². The Kier molecular flexibility index (Phi) is 7.17. The van der Waals surface area contributed by atoms with Crippen molar-refractivity contribution in [2.45, 2.75) is 38.8 Å². The van der Waals surface area contributed by atoms with Crippen molar-refractivity contribution < 1.29 is 23.5 Å². The summed E-state index contributed by atoms with van der Waals surface area (Å²) in [6.45, 7) is 4.59. The Morgan fingerprint density at radius 2 is 2.06 bits per heavy atom. The fraction of sp³-hybridized carbons (Fsp3) is 0.333. The molecular weight excluding hydrogens is 470 g/mol. The fourth-order valence-corrected chi connectivity index (χ4v) is 4.73. The zero-order valence-corrected chi connectivity index (χ0v) is 20.3. The van der Waals surface area contributed by atoms with Gasteiger partial charge in [-0.25, -0.2) is 0 Å². The Hall–Kier alpha value is -3.70. The second kappa shape index (κ2) is 10.3. The Bertz CT molecular complexity index is 1250. The van der Waals surface area contributed by atoms with Gasteiger partial charge >= 0.3 is 0 Å². The second-order valence-corrected chi connectivity index (χ2v) is 9.16. The first-order chi connectivity index (χ1) is 16.8. The van der Waals surface area contributed by atoms with E-state index in [0.717, 1.165) is 29.9 Å². The number of carbonyl (C=O) groups is 3. The number of rotatable bonds is 8. The number of ether oxygens (including phenoxy) is 1. The molecule has 3 heterocycles. The molecule has 4 rings (SSSR count). The number of nitrogens with one attached hydrogen (secondary N) is 1. The summed E-state index contributed by atoms with van der Waals surface area (Å²) >= 11 is 0.754. The number of nitrogens with zero attached hydrogens (tertiary/aromatic N) is 2. The first-order valence-corrected chi connectivity index (χ1v) is 11.9. The number of amides is 3. The van der Waals surface area contributed by atoms with Gasteiger partial charge < -0.3 is 25.9 Å². The monoisotopic (exact) mass is 497 g/mol. The van der Waals surface area contributed by atoms with Gasteiger partial charge in [-0.05, 0) is 68.1 Å². The number of aromatic nitrogens is 1. The summed E-state index contributed by atoms with van der Waals surface area (Å²) in [5.74, 6) is -1.03. The van der Waals surface area contributed by atoms with Crippen LogP contribution in [0.1, 0.15) is 56.1 Å². The molecule has 5 N–H and O–H groups in total. The normalized spacial score (nSPS) is 16.1. The zero-order valence-electron chi connectivity index (χ0n) is 19.4. The zero-order chi connectivity index (χ0) is 25.1. The Morgan fingerprint density at radius 3 is 2.66 bits per heavy atom. The number of primary amides is 1. The highest BCUT2D eigenvalue weighted by Crippen LogP contribution is 2.34. The van der Waals surface area contributed by atoms with E-state index in [4.69, 9.17) is 20.6 Å². The van der Waals surface area contributed by atoms with Crippen LogP contribution in [0.15, 0.2) is 40.8 Å². The maximum atomic E-state index is 13.9. The van der Waals surface area contributed by atoms with Crippen LogP contribution in [0.5, 0.6) is 0 Å². The molecule has 1 aliphatic heterocycles. The third-order valence-electron chi connectivity index (χ3n) is 5.72. The number of aryl methyl sites for hydroxylation is 2. The maximum Gasteiger partial charge on any atom is 0.273 e. The van der Waals surface area contributed by atoms with Crippen molar-refractivity contribution in [1.82, 2.24) is 9.69 Å². The topological polar surface area (TPSA) is 154 Å². The summed E-state index contributed by atoms with van der Waals surface area (Å²) in [4.78, 5) is 40.5. The van der Waals surface area contributed by atoms with Crippen LogP contribution in [0.4, 0.5) is 11.4 Å². The van der Waals surface area contributed by atoms with Crippen LogP contribution in [0.25, 0.3) is 0 Å². The van der Waals surface area contributed by atoms with E-state index >= 15 is 0 Å². The number of anilines is 2. The highest BCUT2D eigenvalue weighted by Gasteiger charge is 2.38. The number of hydrogen-bond donors (Lipinski definition) is 3. The van der Waals surface area contributed by atoms with Crippen LogP contribution in [-0.2, 0) is 9.53 Å². The summed E-state index contributed by atoms with van der Waals surface area (Å²) in [5, 5.41) is 2.91. The number of furan rings is 1. The molecule has 11 heteroatoms. The molecule has 0 saturated carbocycles. The van der Waals surface area contributed by atoms with Crippen LogP contribution in [0.3, 0.4) is 0 Å². The molecule has 1 saturated heterocycles. The molecular formula is C24H27N5O5S. The molecule has 3 aromatic rings. The molecule has 3 amide bonds. The summed E-state index contributed by atoms with van der Waals surface area (Å²) in [7, 11) is 0. The molecule has 1 aromatic carbocycles. The van der Waals surface area contributed by atoms with E-state index in [0.29, 0.717) is 24.6 Å². The van der Waals surface area contributed by atoms with E-state index in [2.05, 4.69) is 9.69 Å². The Balaban J connectivity index is 1.79. The maximum absolute atomic E-state index is 13.9. The lowest BCUT2D eigenvalue weighted by molar-refractivity contribution is -0.123. The van der Waals surface area contributed by atoms with Crippen LogP contribution in [0, 0.1) is 13.8 Å². The van der Waals surface area contributed by atoms with Gasteiger partial charge in [0.25, 0.3) is 17.7 Å². The van der Waals surface area contributed by atoms with E-state index in [1.54, 1.807) is 37.3 Å². The van der Waals surface area contributed by atoms with Crippen molar-refractivity contribution >= 4 is 40.6 Å². The molecule has 10 nitrogen and oxygen atoms in total. The quantitative estimate of drug-likeness (QED) is 0.432. The largest absolute Gasteiger partial charge is 0.464 e. The molecule has 0 bridgehead atoms. The fourth-order valence-electron chi connectivity index (χ4n) is 3.99. The van der Waals surface area contributed by atoms with Gasteiger partial charge in [0.2, 0.25) is 0 Å². The third kappa shape index (κ3) is 5.20. The third-order valence-corrected chi connectivity index (χ3v) is 6.57. The summed E-state index contributed by atoms with van der Waals surface area (Å²) < 4.78 is 15.4. The SMILES string of the molecule is Cc1cccc(N(C(=O)c2snc(C(N)=O)c2N)C(C(=O)NCC2CCCO2)c2ccc(C)o2)c1. The Morgan fingerprint density at radius 1 is 1.26 bits per heavy atom. The molecule has 1 aliphatic rings. The smallest absolute Gasteiger partial charge is 0.273 e. The molecule has 184 valence electrons. The molecule has 2 aromatic heterocycles. The van der Waals surface area contributed by atoms with Crippen LogP contribution >= 0.6 is 11.5 Å². The van der Waals surface area contributed by atoms with Gasteiger partial charge in [0.15, 0.2) is 11.7 Å². The number of benzene rings is 1. The minimum Gasteiger partial charge on any atom is -0.464 e. The minimum absolute atomic E-state index is 0.000473. The number of carbonyl (C=O) groups excluding carboxylic acids is 3. The predicted molar refractivity (Wildman–Crippen MR) is 131 cm³/mol. The summed E-state index contributed by atoms with van der Waals surface area (Å²) in [6, 6.07) is 9.38. The molecule has 35 heavy (non-hydrogen) atoms. The van der Waals surface area contributed by atoms with Crippen molar-refractivity contribution in [2.75, 3.05) is 23.8 Å². The Labute approximate surface area is 206 Å². The standard InChI is InChI=1S/C24H27N5O5S/c1-13-5-3-6-15(11-13)29(24(32)21-18(25)19(22(26)30)28-35-21)20(17-9-8-14(2)34-17)23(31)27-12-16-7-4-10-33-16/h3,5-6,8-9,11,16,20H,4,7,10,12,25H2,1-2H3,(H2,26,30)(H,27,31). The van der Waals surface area contributed by atoms with E-state index in [1.807, 2.05) is 13.0 Å². The highest BCUT2D eigenvalue weighted by atomic mass is 32.1. The summed E-state index contributed by atoms with van der Waals surface area (Å²) in [6.07, 6.45) is 1.69. The van der Waals surface area contributed by atoms with E-state index in [-0.39, 0.29) is 28.1 Å². The minimum atomic E-state index is -1.15. The molecule has 0 aliphatic carbocycles. The average Bonchev–Trinajstić information content (AvgIpc) is 3.56. The van der Waals surface area contributed by atoms with Crippen molar-refractivity contribution in [3.63, 3.8) is 0 Å². The lowest BCUT2D eigenvalue weighted by Gasteiger charge is -2.30. The highest BCUT2D eigenvalue weighted by molar-refractivity contribution is 7.09. The van der Waals surface area contributed by atoms with E-state index < -0.39 is 23.8 Å². The summed E-state index contributed by atoms with van der Waals surface area (Å²) in [5.41, 5.74) is 12.4. The molecule has 1 fully saturated rings. The number of nitrogens with two attached hydrogens (primary N) is 2. The lowest BCUT2D eigenvalue weighted by atomic mass is 10.1. The van der Waals surface area contributed by atoms with Crippen molar-refractivity contribution in [3.8, 4) is 0 Å². The van der Waals surface area contributed by atoms with Gasteiger partial charge in [0, 0.05) is 18.8 Å². The van der Waals surface area contributed by atoms with Crippen molar-refractivity contribution in [1.29, 1.82) is 0 Å². The van der Waals surface area contributed by atoms with Crippen LogP contribution in [0.2, 0.25) is 0 Å². The van der Waals surface area contributed by atoms with E-state index in [9.17, 15) is 14.4 Å². The molecule has 2 unspecified atom stereocenters. The van der Waals surface area contributed by atoms with Crippen LogP contribution in [-0.4, -0.2) is 41.4 Å². The molecule has 2 atom stereocenters. The molecule has 0 radical (unpaired) electrons. The number of hydrogen-bond acceptors (Lipinski definition) is 8. The van der Waals surface area contributed by atoms with Gasteiger partial charge in [0.05, 0.1) is 11.8 Å².